The van der Waals surface area contributed by atoms with Crippen LogP contribution in [0.25, 0.3) is 5.65 Å². The Hall–Kier alpha value is -4.02. The molecule has 3 N–H and O–H groups in total. The first-order valence-electron chi connectivity index (χ1n) is 7.80. The van der Waals surface area contributed by atoms with Crippen molar-refractivity contribution >= 4 is 29.1 Å². The van der Waals surface area contributed by atoms with Crippen LogP contribution in [0.2, 0.25) is 0 Å². The molecule has 11 heteroatoms. The molecule has 1 aliphatic heterocycles. The molecule has 136 valence electrons. The number of fused-ring (bicyclic) bond motifs is 2. The molecule has 2 aromatic heterocycles. The van der Waals surface area contributed by atoms with Crippen LogP contribution in [0.15, 0.2) is 30.5 Å². The number of carboxylic acids is 1. The standard InChI is InChI=1S/C16H12N6O5/c23-12-7-27-10-2-1-8(5-9(10)19-12)6-17-15(24)14-21-13(16(25)26)20-11-3-4-18-22(11)14/h1-5H,6-7H2,(H,17,24)(H,19,23)(H,25,26). The van der Waals surface area contributed by atoms with Crippen LogP contribution in [0.5, 0.6) is 5.75 Å². The normalized spacial score (nSPS) is 12.8. The van der Waals surface area contributed by atoms with E-state index in [-0.39, 0.29) is 30.5 Å². The number of nitrogens with zero attached hydrogens (tertiary/aromatic N) is 4. The summed E-state index contributed by atoms with van der Waals surface area (Å²) in [6, 6.07) is 6.58. The number of carboxylic acid groups (broad SMARTS) is 1. The lowest BCUT2D eigenvalue weighted by molar-refractivity contribution is -0.118. The van der Waals surface area contributed by atoms with E-state index in [1.807, 2.05) is 0 Å². The summed E-state index contributed by atoms with van der Waals surface area (Å²) in [6.45, 7) is 0.0831. The second-order valence-electron chi connectivity index (χ2n) is 5.63. The minimum Gasteiger partial charge on any atom is -0.482 e. The Morgan fingerprint density at radius 3 is 2.96 bits per heavy atom. The van der Waals surface area contributed by atoms with Gasteiger partial charge in [0.2, 0.25) is 11.6 Å². The summed E-state index contributed by atoms with van der Waals surface area (Å²) in [5, 5.41) is 18.4. The van der Waals surface area contributed by atoms with Crippen LogP contribution in [-0.4, -0.2) is 49.1 Å². The molecular formula is C16H12N6O5. The lowest BCUT2D eigenvalue weighted by Gasteiger charge is -2.18. The van der Waals surface area contributed by atoms with Gasteiger partial charge in [-0.05, 0) is 17.7 Å². The second kappa shape index (κ2) is 6.37. The first-order chi connectivity index (χ1) is 13.0. The zero-order valence-electron chi connectivity index (χ0n) is 13.7. The van der Waals surface area contributed by atoms with Gasteiger partial charge in [0.25, 0.3) is 11.8 Å². The van der Waals surface area contributed by atoms with E-state index in [4.69, 9.17) is 9.84 Å². The molecule has 0 unspecified atom stereocenters. The Kier molecular flexibility index (Phi) is 3.88. The number of anilines is 1. The van der Waals surface area contributed by atoms with Gasteiger partial charge in [-0.15, -0.1) is 0 Å². The number of carbonyl (C=O) groups excluding carboxylic acids is 2. The van der Waals surface area contributed by atoms with Crippen LogP contribution < -0.4 is 15.4 Å². The van der Waals surface area contributed by atoms with Gasteiger partial charge >= 0.3 is 5.97 Å². The average Bonchev–Trinajstić information content (AvgIpc) is 3.13. The van der Waals surface area contributed by atoms with Gasteiger partial charge in [-0.1, -0.05) is 6.07 Å². The van der Waals surface area contributed by atoms with Gasteiger partial charge in [-0.25, -0.2) is 9.78 Å². The summed E-state index contributed by atoms with van der Waals surface area (Å²) in [5.41, 5.74) is 1.42. The number of rotatable bonds is 4. The van der Waals surface area contributed by atoms with Crippen molar-refractivity contribution in [3.63, 3.8) is 0 Å². The molecular weight excluding hydrogens is 356 g/mol. The Labute approximate surface area is 151 Å². The number of aromatic carboxylic acids is 1. The van der Waals surface area contributed by atoms with Crippen molar-refractivity contribution in [3.05, 3.63) is 47.7 Å². The molecule has 3 heterocycles. The lowest BCUT2D eigenvalue weighted by atomic mass is 10.1. The van der Waals surface area contributed by atoms with Crippen LogP contribution in [0.4, 0.5) is 5.69 Å². The molecule has 27 heavy (non-hydrogen) atoms. The quantitative estimate of drug-likeness (QED) is 0.586. The second-order valence-corrected chi connectivity index (χ2v) is 5.63. The Balaban J connectivity index is 1.56. The maximum absolute atomic E-state index is 12.5. The van der Waals surface area contributed by atoms with Gasteiger partial charge in [0.15, 0.2) is 12.3 Å². The van der Waals surface area contributed by atoms with E-state index in [1.54, 1.807) is 18.2 Å². The van der Waals surface area contributed by atoms with Crippen LogP contribution in [0, 0.1) is 0 Å². The molecule has 0 saturated carbocycles. The molecule has 0 aliphatic carbocycles. The largest absolute Gasteiger partial charge is 0.482 e. The number of aromatic nitrogens is 4. The molecule has 4 rings (SSSR count). The highest BCUT2D eigenvalue weighted by atomic mass is 16.5. The number of carbonyl (C=O) groups is 3. The van der Waals surface area contributed by atoms with Crippen molar-refractivity contribution in [1.82, 2.24) is 24.9 Å². The highest BCUT2D eigenvalue weighted by Gasteiger charge is 2.20. The smallest absolute Gasteiger partial charge is 0.374 e. The van der Waals surface area contributed by atoms with E-state index in [0.717, 1.165) is 4.52 Å². The number of benzene rings is 1. The van der Waals surface area contributed by atoms with E-state index in [9.17, 15) is 14.4 Å². The summed E-state index contributed by atoms with van der Waals surface area (Å²) < 4.78 is 6.43. The molecule has 2 amide bonds. The molecule has 11 nitrogen and oxygen atoms in total. The van der Waals surface area contributed by atoms with Crippen molar-refractivity contribution in [2.75, 3.05) is 11.9 Å². The van der Waals surface area contributed by atoms with Gasteiger partial charge in [-0.2, -0.15) is 14.6 Å². The van der Waals surface area contributed by atoms with Crippen LogP contribution in [0.3, 0.4) is 0 Å². The molecule has 0 fully saturated rings. The predicted molar refractivity (Wildman–Crippen MR) is 89.5 cm³/mol. The van der Waals surface area contributed by atoms with E-state index in [0.29, 0.717) is 17.0 Å². The maximum atomic E-state index is 12.5. The van der Waals surface area contributed by atoms with E-state index in [2.05, 4.69) is 25.7 Å². The molecule has 0 bridgehead atoms. The van der Waals surface area contributed by atoms with Gasteiger partial charge in [0.05, 0.1) is 11.9 Å². The van der Waals surface area contributed by atoms with Gasteiger partial charge in [0.1, 0.15) is 5.75 Å². The van der Waals surface area contributed by atoms with Gasteiger partial charge < -0.3 is 20.5 Å². The first-order valence-corrected chi connectivity index (χ1v) is 7.80. The average molecular weight is 368 g/mol. The monoisotopic (exact) mass is 368 g/mol. The lowest BCUT2D eigenvalue weighted by Crippen LogP contribution is -2.28. The topological polar surface area (TPSA) is 148 Å². The Bertz CT molecular complexity index is 1090. The highest BCUT2D eigenvalue weighted by Crippen LogP contribution is 2.28. The minimum atomic E-state index is -1.35. The zero-order valence-corrected chi connectivity index (χ0v) is 13.7. The van der Waals surface area contributed by atoms with Crippen LogP contribution in [0.1, 0.15) is 26.8 Å². The maximum Gasteiger partial charge on any atom is 0.374 e. The summed E-state index contributed by atoms with van der Waals surface area (Å²) in [4.78, 5) is 42.6. The molecule has 0 spiro atoms. The van der Waals surface area contributed by atoms with Crippen molar-refractivity contribution in [1.29, 1.82) is 0 Å². The van der Waals surface area contributed by atoms with Crippen molar-refractivity contribution < 1.29 is 24.2 Å². The van der Waals surface area contributed by atoms with Crippen molar-refractivity contribution in [2.24, 2.45) is 0 Å². The van der Waals surface area contributed by atoms with E-state index in [1.165, 1.54) is 12.3 Å². The van der Waals surface area contributed by atoms with Crippen LogP contribution >= 0.6 is 0 Å². The molecule has 1 aromatic carbocycles. The molecule has 0 saturated heterocycles. The fraction of sp³-hybridized carbons (Fsp3) is 0.125. The number of ether oxygens (including phenoxy) is 1. The van der Waals surface area contributed by atoms with E-state index < -0.39 is 17.7 Å². The number of amides is 2. The first kappa shape index (κ1) is 16.4. The Morgan fingerprint density at radius 1 is 1.30 bits per heavy atom. The molecule has 0 radical (unpaired) electrons. The SMILES string of the molecule is O=C1COc2ccc(CNC(=O)c3nc(C(=O)O)nc4ccnn34)cc2N1. The van der Waals surface area contributed by atoms with E-state index >= 15 is 0 Å². The molecule has 3 aromatic rings. The number of hydrogen-bond donors (Lipinski definition) is 3. The third-order valence-corrected chi connectivity index (χ3v) is 3.78. The third kappa shape index (κ3) is 3.13. The number of hydrogen-bond acceptors (Lipinski definition) is 7. The summed E-state index contributed by atoms with van der Waals surface area (Å²) >= 11 is 0. The minimum absolute atomic E-state index is 0.0391. The summed E-state index contributed by atoms with van der Waals surface area (Å²) in [5.74, 6) is -2.37. The predicted octanol–water partition coefficient (Wildman–Crippen LogP) is 0.0834. The summed E-state index contributed by atoms with van der Waals surface area (Å²) in [7, 11) is 0. The third-order valence-electron chi connectivity index (χ3n) is 3.78. The highest BCUT2D eigenvalue weighted by molar-refractivity contribution is 5.95. The van der Waals surface area contributed by atoms with Crippen LogP contribution in [-0.2, 0) is 11.3 Å². The van der Waals surface area contributed by atoms with Gasteiger partial charge in [0, 0.05) is 12.6 Å². The van der Waals surface area contributed by atoms with Crippen molar-refractivity contribution in [3.8, 4) is 5.75 Å². The molecule has 1 aliphatic rings. The summed E-state index contributed by atoms with van der Waals surface area (Å²) in [6.07, 6.45) is 1.39. The Morgan fingerprint density at radius 2 is 2.15 bits per heavy atom. The number of nitrogens with one attached hydrogen (secondary N) is 2. The zero-order chi connectivity index (χ0) is 19.0. The van der Waals surface area contributed by atoms with Gasteiger partial charge in [-0.3, -0.25) is 9.59 Å². The molecule has 0 atom stereocenters. The fourth-order valence-electron chi connectivity index (χ4n) is 2.57. The van der Waals surface area contributed by atoms with Crippen molar-refractivity contribution in [2.45, 2.75) is 6.54 Å². The fourth-order valence-corrected chi connectivity index (χ4v) is 2.57.